The highest BCUT2D eigenvalue weighted by Gasteiger charge is 2.30. The lowest BCUT2D eigenvalue weighted by atomic mass is 10.1. The standard InChI is InChI=1S/C15H16F3N3OS/c1-9-7-11(15(16,17)18)3-4-12(9)21-14(22)19-6-5-13-10(2)20-8-23-13/h3-4,7-8H,5-6H2,1-2H3,(H2,19,21,22). The first-order valence-corrected chi connectivity index (χ1v) is 7.77. The number of benzene rings is 1. The minimum absolute atomic E-state index is 0.351. The third-order valence-electron chi connectivity index (χ3n) is 3.28. The molecule has 0 fully saturated rings. The Bertz CT molecular complexity index is 698. The molecule has 1 aromatic heterocycles. The van der Waals surface area contributed by atoms with E-state index in [1.165, 1.54) is 24.3 Å². The average Bonchev–Trinajstić information content (AvgIpc) is 2.85. The molecule has 0 aliphatic carbocycles. The summed E-state index contributed by atoms with van der Waals surface area (Å²) in [6.45, 7) is 3.84. The van der Waals surface area contributed by atoms with E-state index in [-0.39, 0.29) is 0 Å². The number of nitrogens with one attached hydrogen (secondary N) is 2. The fourth-order valence-corrected chi connectivity index (χ4v) is 2.78. The Labute approximate surface area is 135 Å². The van der Waals surface area contributed by atoms with E-state index in [2.05, 4.69) is 15.6 Å². The zero-order chi connectivity index (χ0) is 17.0. The number of halogens is 3. The quantitative estimate of drug-likeness (QED) is 0.876. The van der Waals surface area contributed by atoms with Crippen molar-refractivity contribution in [3.63, 3.8) is 0 Å². The third kappa shape index (κ3) is 4.69. The highest BCUT2D eigenvalue weighted by Crippen LogP contribution is 2.31. The van der Waals surface area contributed by atoms with Gasteiger partial charge in [0.15, 0.2) is 0 Å². The fraction of sp³-hybridized carbons (Fsp3) is 0.333. The summed E-state index contributed by atoms with van der Waals surface area (Å²) >= 11 is 1.52. The minimum Gasteiger partial charge on any atom is -0.338 e. The number of aryl methyl sites for hydroxylation is 2. The van der Waals surface area contributed by atoms with Crippen LogP contribution in [0.4, 0.5) is 23.7 Å². The van der Waals surface area contributed by atoms with Gasteiger partial charge in [0.2, 0.25) is 0 Å². The second-order valence-corrected chi connectivity index (χ2v) is 5.96. The maximum absolute atomic E-state index is 12.6. The van der Waals surface area contributed by atoms with Gasteiger partial charge in [0.1, 0.15) is 0 Å². The average molecular weight is 343 g/mol. The first-order valence-electron chi connectivity index (χ1n) is 6.89. The topological polar surface area (TPSA) is 54.0 Å². The van der Waals surface area contributed by atoms with Gasteiger partial charge in [-0.3, -0.25) is 0 Å². The van der Waals surface area contributed by atoms with E-state index in [1.54, 1.807) is 5.51 Å². The number of anilines is 1. The van der Waals surface area contributed by atoms with Gasteiger partial charge in [-0.05, 0) is 37.6 Å². The van der Waals surface area contributed by atoms with Gasteiger partial charge in [-0.2, -0.15) is 13.2 Å². The smallest absolute Gasteiger partial charge is 0.338 e. The summed E-state index contributed by atoms with van der Waals surface area (Å²) in [5.74, 6) is 0. The summed E-state index contributed by atoms with van der Waals surface area (Å²) in [4.78, 5) is 17.0. The molecule has 0 saturated carbocycles. The normalized spacial score (nSPS) is 11.3. The van der Waals surface area contributed by atoms with Gasteiger partial charge in [0.25, 0.3) is 0 Å². The molecule has 0 aliphatic rings. The van der Waals surface area contributed by atoms with Crippen LogP contribution in [0.1, 0.15) is 21.7 Å². The molecule has 4 nitrogen and oxygen atoms in total. The molecule has 124 valence electrons. The molecule has 0 spiro atoms. The van der Waals surface area contributed by atoms with Crippen LogP contribution >= 0.6 is 11.3 Å². The molecule has 2 aromatic rings. The van der Waals surface area contributed by atoms with E-state index in [0.29, 0.717) is 24.2 Å². The second kappa shape index (κ2) is 6.99. The Hall–Kier alpha value is -2.09. The van der Waals surface area contributed by atoms with Gasteiger partial charge in [-0.1, -0.05) is 0 Å². The van der Waals surface area contributed by atoms with Crippen LogP contribution in [0, 0.1) is 13.8 Å². The van der Waals surface area contributed by atoms with Crippen molar-refractivity contribution in [2.75, 3.05) is 11.9 Å². The Morgan fingerprint density at radius 2 is 2.04 bits per heavy atom. The summed E-state index contributed by atoms with van der Waals surface area (Å²) < 4.78 is 37.8. The Morgan fingerprint density at radius 1 is 1.30 bits per heavy atom. The molecular weight excluding hydrogens is 327 g/mol. The maximum Gasteiger partial charge on any atom is 0.416 e. The second-order valence-electron chi connectivity index (χ2n) is 5.02. The Kier molecular flexibility index (Phi) is 5.25. The van der Waals surface area contributed by atoms with E-state index in [1.807, 2.05) is 6.92 Å². The number of thiazole rings is 1. The zero-order valence-corrected chi connectivity index (χ0v) is 13.4. The first kappa shape index (κ1) is 17.3. The highest BCUT2D eigenvalue weighted by atomic mass is 32.1. The SMILES string of the molecule is Cc1cc(C(F)(F)F)ccc1NC(=O)NCCc1scnc1C. The summed E-state index contributed by atoms with van der Waals surface area (Å²) in [5.41, 5.74) is 2.66. The van der Waals surface area contributed by atoms with Crippen molar-refractivity contribution in [1.82, 2.24) is 10.3 Å². The van der Waals surface area contributed by atoms with Gasteiger partial charge < -0.3 is 10.6 Å². The van der Waals surface area contributed by atoms with Gasteiger partial charge in [0.05, 0.1) is 16.8 Å². The Balaban J connectivity index is 1.89. The summed E-state index contributed by atoms with van der Waals surface area (Å²) in [6.07, 6.45) is -3.73. The van der Waals surface area contributed by atoms with Crippen molar-refractivity contribution in [2.24, 2.45) is 0 Å². The molecule has 0 bridgehead atoms. The summed E-state index contributed by atoms with van der Waals surface area (Å²) in [7, 11) is 0. The number of urea groups is 1. The van der Waals surface area contributed by atoms with Crippen LogP contribution < -0.4 is 10.6 Å². The van der Waals surface area contributed by atoms with Crippen LogP contribution in [0.3, 0.4) is 0 Å². The molecule has 8 heteroatoms. The van der Waals surface area contributed by atoms with Crippen molar-refractivity contribution >= 4 is 23.1 Å². The van der Waals surface area contributed by atoms with Crippen LogP contribution in [0.15, 0.2) is 23.7 Å². The fourth-order valence-electron chi connectivity index (χ4n) is 2.00. The molecule has 0 saturated heterocycles. The minimum atomic E-state index is -4.39. The Morgan fingerprint density at radius 3 is 2.61 bits per heavy atom. The van der Waals surface area contributed by atoms with Gasteiger partial charge in [-0.25, -0.2) is 9.78 Å². The van der Waals surface area contributed by atoms with Crippen LogP contribution in [0.25, 0.3) is 0 Å². The third-order valence-corrected chi connectivity index (χ3v) is 4.28. The van der Waals surface area contributed by atoms with Crippen LogP contribution in [0.2, 0.25) is 0 Å². The van der Waals surface area contributed by atoms with Crippen LogP contribution in [-0.2, 0) is 12.6 Å². The van der Waals surface area contributed by atoms with Gasteiger partial charge in [-0.15, -0.1) is 11.3 Å². The van der Waals surface area contributed by atoms with Crippen molar-refractivity contribution in [1.29, 1.82) is 0 Å². The number of rotatable bonds is 4. The number of amides is 2. The summed E-state index contributed by atoms with van der Waals surface area (Å²) in [5, 5.41) is 5.23. The molecule has 2 rings (SSSR count). The molecule has 0 radical (unpaired) electrons. The van der Waals surface area contributed by atoms with E-state index >= 15 is 0 Å². The molecule has 0 unspecified atom stereocenters. The number of alkyl halides is 3. The van der Waals surface area contributed by atoms with Crippen molar-refractivity contribution in [3.05, 3.63) is 45.4 Å². The van der Waals surface area contributed by atoms with Crippen LogP contribution in [0.5, 0.6) is 0 Å². The highest BCUT2D eigenvalue weighted by molar-refractivity contribution is 7.09. The van der Waals surface area contributed by atoms with Crippen molar-refractivity contribution < 1.29 is 18.0 Å². The summed E-state index contributed by atoms with van der Waals surface area (Å²) in [6, 6.07) is 2.76. The van der Waals surface area contributed by atoms with Crippen molar-refractivity contribution in [3.8, 4) is 0 Å². The lowest BCUT2D eigenvalue weighted by molar-refractivity contribution is -0.137. The largest absolute Gasteiger partial charge is 0.416 e. The van der Waals surface area contributed by atoms with E-state index in [9.17, 15) is 18.0 Å². The number of hydrogen-bond acceptors (Lipinski definition) is 3. The number of aromatic nitrogens is 1. The van der Waals surface area contributed by atoms with Gasteiger partial charge in [0, 0.05) is 23.5 Å². The lowest BCUT2D eigenvalue weighted by Crippen LogP contribution is -2.30. The van der Waals surface area contributed by atoms with Crippen LogP contribution in [-0.4, -0.2) is 17.6 Å². The number of hydrogen-bond donors (Lipinski definition) is 2. The molecular formula is C15H16F3N3OS. The molecule has 0 atom stereocenters. The van der Waals surface area contributed by atoms with Crippen molar-refractivity contribution in [2.45, 2.75) is 26.4 Å². The molecule has 0 aliphatic heterocycles. The lowest BCUT2D eigenvalue weighted by Gasteiger charge is -2.12. The number of carbonyl (C=O) groups excluding carboxylic acids is 1. The van der Waals surface area contributed by atoms with E-state index < -0.39 is 17.8 Å². The van der Waals surface area contributed by atoms with Gasteiger partial charge >= 0.3 is 12.2 Å². The molecule has 23 heavy (non-hydrogen) atoms. The molecule has 1 aromatic carbocycles. The monoisotopic (exact) mass is 343 g/mol. The predicted molar refractivity (Wildman–Crippen MR) is 83.8 cm³/mol. The van der Waals surface area contributed by atoms with E-state index in [4.69, 9.17) is 0 Å². The molecule has 2 N–H and O–H groups in total. The first-order chi connectivity index (χ1) is 10.8. The maximum atomic E-state index is 12.6. The molecule has 1 heterocycles. The number of carbonyl (C=O) groups is 1. The zero-order valence-electron chi connectivity index (χ0n) is 12.6. The molecule has 2 amide bonds. The van der Waals surface area contributed by atoms with E-state index in [0.717, 1.165) is 22.7 Å². The predicted octanol–water partition coefficient (Wildman–Crippen LogP) is 4.14. The number of nitrogens with zero attached hydrogens (tertiary/aromatic N) is 1.